The quantitative estimate of drug-likeness (QED) is 0.263. The summed E-state index contributed by atoms with van der Waals surface area (Å²) in [5, 5.41) is 0.658. The minimum Gasteiger partial charge on any atom is -0.493 e. The average Bonchev–Trinajstić information content (AvgIpc) is 3.60. The Kier molecular flexibility index (Phi) is 7.96. The number of fused-ring (bicyclic) bond motifs is 2. The Morgan fingerprint density at radius 1 is 1.09 bits per heavy atom. The minimum absolute atomic E-state index is 0.107. The number of nitrogens with zero attached hydrogens (tertiary/aromatic N) is 2. The first-order chi connectivity index (χ1) is 20.9. The summed E-state index contributed by atoms with van der Waals surface area (Å²) in [6.45, 7) is 4.12. The van der Waals surface area contributed by atoms with Gasteiger partial charge in [0.05, 0.1) is 35.6 Å². The van der Waals surface area contributed by atoms with Crippen molar-refractivity contribution in [1.82, 2.24) is 4.57 Å². The molecular formula is C32H27ClN2O7S. The largest absolute Gasteiger partial charge is 0.493 e. The van der Waals surface area contributed by atoms with Crippen LogP contribution in [0, 0.1) is 0 Å². The molecule has 0 spiro atoms. The highest BCUT2D eigenvalue weighted by atomic mass is 35.5. The standard InChI is InChI=1S/C32H27ClN2O7S/c1-4-39-31(37)28-18(2)34-32-35(29(28)21-8-12-24-26(15-21)42-17-41-24)30(36)27(43-32)14-20-7-11-23(25(13-20)38-3)40-16-19-5-9-22(33)10-6-19/h5-15,29H,4,16-17H2,1-3H3/b27-14-/t29-/m0/s1. The molecule has 0 amide bonds. The molecule has 0 saturated carbocycles. The van der Waals surface area contributed by atoms with E-state index in [0.717, 1.165) is 11.1 Å². The molecule has 11 heteroatoms. The zero-order valence-electron chi connectivity index (χ0n) is 23.6. The van der Waals surface area contributed by atoms with Crippen molar-refractivity contribution < 1.29 is 28.5 Å². The molecule has 220 valence electrons. The second kappa shape index (κ2) is 12.0. The molecule has 1 atom stereocenters. The first-order valence-electron chi connectivity index (χ1n) is 13.5. The molecule has 0 unspecified atom stereocenters. The zero-order valence-corrected chi connectivity index (χ0v) is 25.2. The monoisotopic (exact) mass is 618 g/mol. The van der Waals surface area contributed by atoms with Crippen LogP contribution in [0.4, 0.5) is 0 Å². The molecule has 2 aliphatic heterocycles. The number of allylic oxidation sites excluding steroid dienone is 1. The highest BCUT2D eigenvalue weighted by Crippen LogP contribution is 2.38. The molecule has 0 N–H and O–H groups in total. The fraction of sp³-hybridized carbons (Fsp3) is 0.219. The summed E-state index contributed by atoms with van der Waals surface area (Å²) in [5.41, 5.74) is 2.87. The van der Waals surface area contributed by atoms with Crippen LogP contribution in [0.5, 0.6) is 23.0 Å². The van der Waals surface area contributed by atoms with Crippen LogP contribution in [0.2, 0.25) is 5.02 Å². The lowest BCUT2D eigenvalue weighted by Gasteiger charge is -2.24. The molecule has 2 aliphatic rings. The molecule has 1 aromatic heterocycles. The molecule has 4 aromatic rings. The van der Waals surface area contributed by atoms with Crippen LogP contribution >= 0.6 is 22.9 Å². The van der Waals surface area contributed by atoms with E-state index in [-0.39, 0.29) is 19.0 Å². The van der Waals surface area contributed by atoms with Crippen molar-refractivity contribution in [3.05, 3.63) is 113 Å². The fourth-order valence-corrected chi connectivity index (χ4v) is 6.15. The Morgan fingerprint density at radius 3 is 2.65 bits per heavy atom. The highest BCUT2D eigenvalue weighted by Gasteiger charge is 2.34. The Hall–Kier alpha value is -4.54. The van der Waals surface area contributed by atoms with Gasteiger partial charge in [0.25, 0.3) is 5.56 Å². The number of methoxy groups -OCH3 is 1. The van der Waals surface area contributed by atoms with Crippen molar-refractivity contribution in [3.63, 3.8) is 0 Å². The van der Waals surface area contributed by atoms with E-state index in [4.69, 9.17) is 35.3 Å². The van der Waals surface area contributed by atoms with Crippen LogP contribution in [-0.4, -0.2) is 31.0 Å². The first-order valence-corrected chi connectivity index (χ1v) is 14.7. The number of carbonyl (C=O) groups excluding carboxylic acids is 1. The van der Waals surface area contributed by atoms with Crippen LogP contribution in [0.25, 0.3) is 6.08 Å². The van der Waals surface area contributed by atoms with Gasteiger partial charge in [-0.25, -0.2) is 9.79 Å². The van der Waals surface area contributed by atoms with Gasteiger partial charge in [-0.2, -0.15) is 0 Å². The number of carbonyl (C=O) groups is 1. The lowest BCUT2D eigenvalue weighted by atomic mass is 9.95. The van der Waals surface area contributed by atoms with Crippen molar-refractivity contribution in [2.75, 3.05) is 20.5 Å². The number of ether oxygens (including phenoxy) is 5. The second-order valence-electron chi connectivity index (χ2n) is 9.74. The van der Waals surface area contributed by atoms with Crippen LogP contribution in [-0.2, 0) is 16.1 Å². The molecule has 0 aliphatic carbocycles. The van der Waals surface area contributed by atoms with E-state index >= 15 is 0 Å². The van der Waals surface area contributed by atoms with Crippen LogP contribution in [0.15, 0.2) is 81.7 Å². The van der Waals surface area contributed by atoms with Gasteiger partial charge in [0.1, 0.15) is 6.61 Å². The SMILES string of the molecule is CCOC(=O)C1=C(C)N=c2s/c(=C\c3ccc(OCc4ccc(Cl)cc4)c(OC)c3)c(=O)n2[C@H]1c1ccc2c(c1)OCO2. The number of rotatable bonds is 8. The smallest absolute Gasteiger partial charge is 0.338 e. The fourth-order valence-electron chi connectivity index (χ4n) is 4.98. The molecule has 3 heterocycles. The van der Waals surface area contributed by atoms with Crippen molar-refractivity contribution >= 4 is 35.0 Å². The normalized spacial score (nSPS) is 15.6. The minimum atomic E-state index is -0.759. The van der Waals surface area contributed by atoms with E-state index in [1.165, 1.54) is 15.9 Å². The predicted octanol–water partition coefficient (Wildman–Crippen LogP) is 4.77. The summed E-state index contributed by atoms with van der Waals surface area (Å²) in [6.07, 6.45) is 1.77. The number of hydrogen-bond donors (Lipinski definition) is 0. The van der Waals surface area contributed by atoms with Crippen LogP contribution in [0.3, 0.4) is 0 Å². The summed E-state index contributed by atoms with van der Waals surface area (Å²) in [6, 6.07) is 17.5. The van der Waals surface area contributed by atoms with E-state index in [1.54, 1.807) is 51.3 Å². The van der Waals surface area contributed by atoms with Gasteiger partial charge in [-0.3, -0.25) is 9.36 Å². The van der Waals surface area contributed by atoms with Gasteiger partial charge in [-0.05, 0) is 73.0 Å². The Balaban J connectivity index is 1.39. The van der Waals surface area contributed by atoms with E-state index in [1.807, 2.05) is 36.4 Å². The molecule has 0 saturated heterocycles. The zero-order chi connectivity index (χ0) is 30.1. The van der Waals surface area contributed by atoms with Crippen molar-refractivity contribution in [3.8, 4) is 23.0 Å². The third-order valence-corrected chi connectivity index (χ3v) is 8.26. The molecule has 0 bridgehead atoms. The van der Waals surface area contributed by atoms with Crippen molar-refractivity contribution in [1.29, 1.82) is 0 Å². The number of halogens is 1. The third kappa shape index (κ3) is 5.63. The van der Waals surface area contributed by atoms with Gasteiger partial charge >= 0.3 is 5.97 Å². The maximum Gasteiger partial charge on any atom is 0.338 e. The number of benzene rings is 3. The Bertz CT molecular complexity index is 1930. The molecular weight excluding hydrogens is 592 g/mol. The van der Waals surface area contributed by atoms with Gasteiger partial charge in [0.15, 0.2) is 27.8 Å². The maximum absolute atomic E-state index is 14.0. The number of aromatic nitrogens is 1. The van der Waals surface area contributed by atoms with Crippen molar-refractivity contribution in [2.24, 2.45) is 4.99 Å². The summed E-state index contributed by atoms with van der Waals surface area (Å²) < 4.78 is 30.0. The molecule has 0 fully saturated rings. The summed E-state index contributed by atoms with van der Waals surface area (Å²) in [7, 11) is 1.56. The average molecular weight is 619 g/mol. The van der Waals surface area contributed by atoms with E-state index in [0.29, 0.717) is 60.8 Å². The van der Waals surface area contributed by atoms with E-state index in [2.05, 4.69) is 4.99 Å². The highest BCUT2D eigenvalue weighted by molar-refractivity contribution is 7.07. The van der Waals surface area contributed by atoms with Gasteiger partial charge in [0.2, 0.25) is 6.79 Å². The summed E-state index contributed by atoms with van der Waals surface area (Å²) >= 11 is 7.22. The Labute approximate surface area is 255 Å². The lowest BCUT2D eigenvalue weighted by molar-refractivity contribution is -0.139. The third-order valence-electron chi connectivity index (χ3n) is 7.02. The van der Waals surface area contributed by atoms with E-state index < -0.39 is 12.0 Å². The molecule has 3 aromatic carbocycles. The predicted molar refractivity (Wildman–Crippen MR) is 162 cm³/mol. The molecule has 0 radical (unpaired) electrons. The lowest BCUT2D eigenvalue weighted by Crippen LogP contribution is -2.39. The Morgan fingerprint density at radius 2 is 1.88 bits per heavy atom. The van der Waals surface area contributed by atoms with Gasteiger partial charge < -0.3 is 23.7 Å². The summed E-state index contributed by atoms with van der Waals surface area (Å²) in [5.74, 6) is 1.70. The number of thiazole rings is 1. The van der Waals surface area contributed by atoms with E-state index in [9.17, 15) is 9.59 Å². The first kappa shape index (κ1) is 28.6. The van der Waals surface area contributed by atoms with Crippen LogP contribution in [0.1, 0.15) is 36.6 Å². The second-order valence-corrected chi connectivity index (χ2v) is 11.2. The molecule has 9 nitrogen and oxygen atoms in total. The molecule has 43 heavy (non-hydrogen) atoms. The number of hydrogen-bond acceptors (Lipinski definition) is 9. The van der Waals surface area contributed by atoms with Gasteiger partial charge in [-0.1, -0.05) is 47.2 Å². The molecule has 6 rings (SSSR count). The van der Waals surface area contributed by atoms with Crippen molar-refractivity contribution in [2.45, 2.75) is 26.5 Å². The summed E-state index contributed by atoms with van der Waals surface area (Å²) in [4.78, 5) is 32.2. The number of esters is 1. The van der Waals surface area contributed by atoms with Gasteiger partial charge in [0, 0.05) is 5.02 Å². The van der Waals surface area contributed by atoms with Crippen LogP contribution < -0.4 is 33.8 Å². The maximum atomic E-state index is 14.0. The topological polar surface area (TPSA) is 97.6 Å². The van der Waals surface area contributed by atoms with Gasteiger partial charge in [-0.15, -0.1) is 0 Å².